The predicted molar refractivity (Wildman–Crippen MR) is 72.7 cm³/mol. The summed E-state index contributed by atoms with van der Waals surface area (Å²) in [6.07, 6.45) is 4.89. The molecule has 3 atom stereocenters. The summed E-state index contributed by atoms with van der Waals surface area (Å²) in [7, 11) is 1.29. The number of nitrogens with two attached hydrogens (primary N) is 1. The molecule has 2 aliphatic rings. The first kappa shape index (κ1) is 15.3. The highest BCUT2D eigenvalue weighted by molar-refractivity contribution is 5.88. The van der Waals surface area contributed by atoms with Crippen LogP contribution in [0.15, 0.2) is 0 Å². The Bertz CT molecular complexity index is 368. The van der Waals surface area contributed by atoms with Gasteiger partial charge in [0, 0.05) is 13.0 Å². The number of rotatable bonds is 3. The lowest BCUT2D eigenvalue weighted by molar-refractivity contribution is -0.151. The van der Waals surface area contributed by atoms with Crippen LogP contribution in [0.3, 0.4) is 0 Å². The first-order chi connectivity index (χ1) is 9.54. The minimum atomic E-state index is -0.697. The predicted octanol–water partition coefficient (Wildman–Crippen LogP) is 0.0288. The van der Waals surface area contributed by atoms with E-state index >= 15 is 0 Å². The van der Waals surface area contributed by atoms with Gasteiger partial charge in [-0.25, -0.2) is 4.79 Å². The van der Waals surface area contributed by atoms with E-state index < -0.39 is 24.2 Å². The molecule has 2 fully saturated rings. The van der Waals surface area contributed by atoms with Crippen LogP contribution in [0.25, 0.3) is 0 Å². The molecule has 0 radical (unpaired) electrons. The lowest BCUT2D eigenvalue weighted by Crippen LogP contribution is -2.51. The number of carbonyl (C=O) groups is 2. The van der Waals surface area contributed by atoms with Crippen molar-refractivity contribution in [3.8, 4) is 0 Å². The molecule has 0 aromatic rings. The molecule has 1 amide bonds. The zero-order valence-corrected chi connectivity index (χ0v) is 12.0. The Morgan fingerprint density at radius 3 is 2.55 bits per heavy atom. The number of hydrogen-bond donors (Lipinski definition) is 2. The van der Waals surface area contributed by atoms with Gasteiger partial charge in [-0.2, -0.15) is 0 Å². The first-order valence-electron chi connectivity index (χ1n) is 7.36. The quantitative estimate of drug-likeness (QED) is 0.713. The van der Waals surface area contributed by atoms with Crippen LogP contribution >= 0.6 is 0 Å². The second-order valence-electron chi connectivity index (χ2n) is 5.84. The number of hydrogen-bond acceptors (Lipinski definition) is 5. The normalized spacial score (nSPS) is 29.2. The van der Waals surface area contributed by atoms with E-state index in [0.717, 1.165) is 25.7 Å². The lowest BCUT2D eigenvalue weighted by Gasteiger charge is -2.31. The Balaban J connectivity index is 2.04. The maximum absolute atomic E-state index is 12.5. The summed E-state index contributed by atoms with van der Waals surface area (Å²) in [5, 5.41) is 9.71. The van der Waals surface area contributed by atoms with Gasteiger partial charge in [-0.05, 0) is 18.8 Å². The van der Waals surface area contributed by atoms with E-state index in [2.05, 4.69) is 0 Å². The smallest absolute Gasteiger partial charge is 0.328 e. The van der Waals surface area contributed by atoms with E-state index in [0.29, 0.717) is 0 Å². The van der Waals surface area contributed by atoms with Crippen LogP contribution in [-0.2, 0) is 14.3 Å². The second-order valence-corrected chi connectivity index (χ2v) is 5.84. The van der Waals surface area contributed by atoms with Crippen molar-refractivity contribution in [1.29, 1.82) is 0 Å². The Kier molecular flexibility index (Phi) is 4.99. The summed E-state index contributed by atoms with van der Waals surface area (Å²) < 4.78 is 4.70. The van der Waals surface area contributed by atoms with Crippen LogP contribution in [0.4, 0.5) is 0 Å². The summed E-state index contributed by atoms with van der Waals surface area (Å²) in [5.41, 5.74) is 6.10. The van der Waals surface area contributed by atoms with Gasteiger partial charge in [-0.1, -0.05) is 19.3 Å². The highest BCUT2D eigenvalue weighted by Crippen LogP contribution is 2.28. The number of ether oxygens (including phenoxy) is 1. The van der Waals surface area contributed by atoms with Crippen molar-refractivity contribution < 1.29 is 19.4 Å². The molecule has 3 N–H and O–H groups in total. The Hall–Kier alpha value is -1.14. The summed E-state index contributed by atoms with van der Waals surface area (Å²) in [6, 6.07) is -1.27. The zero-order valence-electron chi connectivity index (χ0n) is 12.0. The molecule has 0 aromatic carbocycles. The molecule has 1 aliphatic carbocycles. The van der Waals surface area contributed by atoms with Crippen LogP contribution in [0, 0.1) is 5.92 Å². The Morgan fingerprint density at radius 2 is 1.95 bits per heavy atom. The van der Waals surface area contributed by atoms with Crippen molar-refractivity contribution in [2.45, 2.75) is 56.7 Å². The van der Waals surface area contributed by atoms with E-state index in [1.54, 1.807) is 0 Å². The van der Waals surface area contributed by atoms with E-state index in [-0.39, 0.29) is 24.8 Å². The molecule has 1 heterocycles. The fraction of sp³-hybridized carbons (Fsp3) is 0.857. The fourth-order valence-electron chi connectivity index (χ4n) is 3.30. The fourth-order valence-corrected chi connectivity index (χ4v) is 3.30. The average molecular weight is 284 g/mol. The standard InChI is InChI=1S/C14H24N2O4/c1-20-14(19)11-7-10(17)8-16(11)13(18)12(15)9-5-3-2-4-6-9/h9-12,17H,2-8,15H2,1H3/t10-,11+,12+/m1/s1. The Morgan fingerprint density at radius 1 is 1.30 bits per heavy atom. The number of esters is 1. The average Bonchev–Trinajstić information content (AvgIpc) is 2.87. The maximum Gasteiger partial charge on any atom is 0.328 e. The number of carbonyl (C=O) groups excluding carboxylic acids is 2. The molecule has 1 saturated carbocycles. The van der Waals surface area contributed by atoms with Crippen LogP contribution in [0.1, 0.15) is 38.5 Å². The van der Waals surface area contributed by atoms with E-state index in [1.807, 2.05) is 0 Å². The van der Waals surface area contributed by atoms with Crippen molar-refractivity contribution >= 4 is 11.9 Å². The first-order valence-corrected chi connectivity index (χ1v) is 7.36. The second kappa shape index (κ2) is 6.54. The van der Waals surface area contributed by atoms with Crippen molar-refractivity contribution in [2.24, 2.45) is 11.7 Å². The minimum Gasteiger partial charge on any atom is -0.467 e. The number of amides is 1. The molecule has 6 nitrogen and oxygen atoms in total. The number of β-amino-alcohol motifs (C(OH)–C–C–N with tert-alkyl or cyclic N) is 1. The highest BCUT2D eigenvalue weighted by atomic mass is 16.5. The van der Waals surface area contributed by atoms with Gasteiger partial charge in [0.25, 0.3) is 0 Å². The van der Waals surface area contributed by atoms with Gasteiger partial charge in [0.2, 0.25) is 5.91 Å². The lowest BCUT2D eigenvalue weighted by atomic mass is 9.83. The molecule has 0 spiro atoms. The maximum atomic E-state index is 12.5. The number of aliphatic hydroxyl groups is 1. The third-order valence-electron chi connectivity index (χ3n) is 4.48. The number of nitrogens with zero attached hydrogens (tertiary/aromatic N) is 1. The molecule has 114 valence electrons. The summed E-state index contributed by atoms with van der Waals surface area (Å²) in [6.45, 7) is 0.166. The van der Waals surface area contributed by atoms with Gasteiger partial charge in [0.05, 0.1) is 19.3 Å². The van der Waals surface area contributed by atoms with E-state index in [4.69, 9.17) is 10.5 Å². The molecule has 6 heteroatoms. The molecular weight excluding hydrogens is 260 g/mol. The SMILES string of the molecule is COC(=O)[C@@H]1C[C@@H](O)CN1C(=O)[C@@H](N)C1CCCCC1. The Labute approximate surface area is 119 Å². The monoisotopic (exact) mass is 284 g/mol. The molecule has 1 saturated heterocycles. The molecule has 2 rings (SSSR count). The number of likely N-dealkylation sites (tertiary alicyclic amines) is 1. The zero-order chi connectivity index (χ0) is 14.7. The van der Waals surface area contributed by atoms with Crippen molar-refractivity contribution in [3.05, 3.63) is 0 Å². The molecule has 0 aromatic heterocycles. The van der Waals surface area contributed by atoms with Crippen LogP contribution in [0.2, 0.25) is 0 Å². The minimum absolute atomic E-state index is 0.166. The van der Waals surface area contributed by atoms with E-state index in [1.165, 1.54) is 18.4 Å². The van der Waals surface area contributed by atoms with Crippen molar-refractivity contribution in [3.63, 3.8) is 0 Å². The highest BCUT2D eigenvalue weighted by Gasteiger charge is 2.42. The van der Waals surface area contributed by atoms with Crippen molar-refractivity contribution in [2.75, 3.05) is 13.7 Å². The van der Waals surface area contributed by atoms with Crippen LogP contribution in [0.5, 0.6) is 0 Å². The van der Waals surface area contributed by atoms with Gasteiger partial charge in [0.15, 0.2) is 0 Å². The van der Waals surface area contributed by atoms with Gasteiger partial charge >= 0.3 is 5.97 Å². The summed E-state index contributed by atoms with van der Waals surface area (Å²) >= 11 is 0. The molecule has 1 aliphatic heterocycles. The largest absolute Gasteiger partial charge is 0.467 e. The van der Waals surface area contributed by atoms with Gasteiger partial charge < -0.3 is 20.5 Å². The summed E-state index contributed by atoms with van der Waals surface area (Å²) in [5.74, 6) is -0.526. The topological polar surface area (TPSA) is 92.9 Å². The van der Waals surface area contributed by atoms with Crippen molar-refractivity contribution in [1.82, 2.24) is 4.90 Å². The number of aliphatic hydroxyl groups excluding tert-OH is 1. The molecular formula is C14H24N2O4. The van der Waals surface area contributed by atoms with E-state index in [9.17, 15) is 14.7 Å². The van der Waals surface area contributed by atoms with Crippen LogP contribution < -0.4 is 5.73 Å². The van der Waals surface area contributed by atoms with Gasteiger partial charge in [-0.15, -0.1) is 0 Å². The molecule has 0 bridgehead atoms. The van der Waals surface area contributed by atoms with Crippen LogP contribution in [-0.4, -0.2) is 53.7 Å². The van der Waals surface area contributed by atoms with Gasteiger partial charge in [-0.3, -0.25) is 4.79 Å². The third-order valence-corrected chi connectivity index (χ3v) is 4.48. The molecule has 20 heavy (non-hydrogen) atoms. The van der Waals surface area contributed by atoms with Gasteiger partial charge in [0.1, 0.15) is 6.04 Å². The third kappa shape index (κ3) is 3.12. The number of methoxy groups -OCH3 is 1. The molecule has 0 unspecified atom stereocenters. The summed E-state index contributed by atoms with van der Waals surface area (Å²) in [4.78, 5) is 25.6.